The molecule has 4 fully saturated rings. The maximum absolute atomic E-state index is 13.8. The smallest absolute Gasteiger partial charge is 0.223 e. The molecule has 5 aliphatic rings. The van der Waals surface area contributed by atoms with Gasteiger partial charge in [-0.1, -0.05) is 61.5 Å². The number of hydrogen-bond donors (Lipinski definition) is 0. The predicted octanol–water partition coefficient (Wildman–Crippen LogP) is 5.60. The van der Waals surface area contributed by atoms with Gasteiger partial charge in [0.15, 0.2) is 0 Å². The van der Waals surface area contributed by atoms with Crippen LogP contribution in [0.1, 0.15) is 55.7 Å². The average molecular weight is 400 g/mol. The lowest BCUT2D eigenvalue weighted by molar-refractivity contribution is -0.143. The fraction of sp³-hybridized carbons (Fsp3) is 0.536. The summed E-state index contributed by atoms with van der Waals surface area (Å²) in [6, 6.07) is 19.8. The molecule has 156 valence electrons. The van der Waals surface area contributed by atoms with Crippen molar-refractivity contribution in [1.29, 1.82) is 0 Å². The van der Waals surface area contributed by atoms with Crippen LogP contribution in [0, 0.1) is 29.6 Å². The molecule has 4 saturated carbocycles. The van der Waals surface area contributed by atoms with Crippen LogP contribution < -0.4 is 0 Å². The Bertz CT molecular complexity index is 918. The molecule has 7 rings (SSSR count). The average Bonchev–Trinajstić information content (AvgIpc) is 2.78. The van der Waals surface area contributed by atoms with E-state index in [0.717, 1.165) is 37.3 Å². The highest BCUT2D eigenvalue weighted by Crippen LogP contribution is 2.65. The van der Waals surface area contributed by atoms with Gasteiger partial charge in [-0.15, -0.1) is 0 Å². The lowest BCUT2D eigenvalue weighted by Gasteiger charge is -2.64. The van der Waals surface area contributed by atoms with E-state index in [0.29, 0.717) is 24.2 Å². The summed E-state index contributed by atoms with van der Waals surface area (Å²) in [5.41, 5.74) is 4.26. The summed E-state index contributed by atoms with van der Waals surface area (Å²) in [7, 11) is 0. The number of benzene rings is 2. The molecule has 0 aromatic heterocycles. The molecule has 2 aromatic carbocycles. The van der Waals surface area contributed by atoms with Gasteiger partial charge >= 0.3 is 0 Å². The van der Waals surface area contributed by atoms with Crippen molar-refractivity contribution in [1.82, 2.24) is 4.90 Å². The normalized spacial score (nSPS) is 36.6. The summed E-state index contributed by atoms with van der Waals surface area (Å²) < 4.78 is 0. The number of rotatable bonds is 3. The van der Waals surface area contributed by atoms with Gasteiger partial charge < -0.3 is 4.90 Å². The van der Waals surface area contributed by atoms with Crippen LogP contribution in [0.15, 0.2) is 54.6 Å². The molecule has 30 heavy (non-hydrogen) atoms. The predicted molar refractivity (Wildman–Crippen MR) is 120 cm³/mol. The zero-order chi connectivity index (χ0) is 20.3. The summed E-state index contributed by atoms with van der Waals surface area (Å²) in [5, 5.41) is 0. The molecule has 2 aromatic rings. The van der Waals surface area contributed by atoms with Crippen molar-refractivity contribution in [2.75, 3.05) is 6.54 Å². The van der Waals surface area contributed by atoms with E-state index in [-0.39, 0.29) is 5.41 Å². The zero-order valence-corrected chi connectivity index (χ0v) is 18.1. The first kappa shape index (κ1) is 18.7. The Morgan fingerprint density at radius 2 is 1.50 bits per heavy atom. The summed E-state index contributed by atoms with van der Waals surface area (Å²) in [6.45, 7) is 4.16. The molecule has 1 aliphatic heterocycles. The van der Waals surface area contributed by atoms with Crippen LogP contribution in [0.4, 0.5) is 0 Å². The minimum Gasteiger partial charge on any atom is -0.338 e. The number of carbonyl (C=O) groups is 1. The van der Waals surface area contributed by atoms with E-state index in [1.165, 1.54) is 42.4 Å². The standard InChI is InChI=1S/C28H33NO/c1-19-22-13-25-15-23(19)16-26(14-22)28(25,24-9-3-2-4-10-24)17-27(30)29-12-11-20-7-5-6-8-21(20)18-29/h2-10,19,22-23,25-26H,11-18H2,1H3. The van der Waals surface area contributed by atoms with Gasteiger partial charge in [-0.3, -0.25) is 4.79 Å². The quantitative estimate of drug-likeness (QED) is 0.658. The molecule has 0 atom stereocenters. The van der Waals surface area contributed by atoms with Crippen LogP contribution >= 0.6 is 0 Å². The van der Waals surface area contributed by atoms with E-state index in [9.17, 15) is 4.79 Å². The molecule has 4 bridgehead atoms. The van der Waals surface area contributed by atoms with Crippen LogP contribution in [0.5, 0.6) is 0 Å². The molecule has 0 N–H and O–H groups in total. The highest BCUT2D eigenvalue weighted by atomic mass is 16.2. The SMILES string of the molecule is CC1C2CC3CC1CC(C2)C3(CC(=O)N1CCc2ccccc2C1)c1ccccc1. The Labute approximate surface area is 180 Å². The third-order valence-corrected chi connectivity index (χ3v) is 9.53. The van der Waals surface area contributed by atoms with Gasteiger partial charge in [-0.25, -0.2) is 0 Å². The molecule has 0 unspecified atom stereocenters. The summed E-state index contributed by atoms with van der Waals surface area (Å²) >= 11 is 0. The van der Waals surface area contributed by atoms with Crippen LogP contribution in [0.25, 0.3) is 0 Å². The lowest BCUT2D eigenvalue weighted by atomic mass is 9.41. The number of amides is 1. The Balaban J connectivity index is 1.33. The molecule has 0 spiro atoms. The van der Waals surface area contributed by atoms with Gasteiger partial charge in [0.05, 0.1) is 0 Å². The maximum Gasteiger partial charge on any atom is 0.223 e. The Kier molecular flexibility index (Phi) is 4.34. The van der Waals surface area contributed by atoms with E-state index in [2.05, 4.69) is 66.4 Å². The van der Waals surface area contributed by atoms with E-state index >= 15 is 0 Å². The van der Waals surface area contributed by atoms with Crippen molar-refractivity contribution in [3.05, 3.63) is 71.3 Å². The lowest BCUT2D eigenvalue weighted by Crippen LogP contribution is -2.59. The van der Waals surface area contributed by atoms with Gasteiger partial charge in [-0.2, -0.15) is 0 Å². The number of carbonyl (C=O) groups excluding carboxylic acids is 1. The van der Waals surface area contributed by atoms with E-state index in [1.807, 2.05) is 0 Å². The second-order valence-electron chi connectivity index (χ2n) is 10.6. The highest BCUT2D eigenvalue weighted by Gasteiger charge is 2.60. The molecule has 4 aliphatic carbocycles. The summed E-state index contributed by atoms with van der Waals surface area (Å²) in [5.74, 6) is 4.41. The topological polar surface area (TPSA) is 20.3 Å². The zero-order valence-electron chi connectivity index (χ0n) is 18.1. The Morgan fingerprint density at radius 1 is 0.900 bits per heavy atom. The van der Waals surface area contributed by atoms with Crippen LogP contribution in [-0.2, 0) is 23.2 Å². The second-order valence-corrected chi connectivity index (χ2v) is 10.6. The Morgan fingerprint density at radius 3 is 2.17 bits per heavy atom. The first-order valence-electron chi connectivity index (χ1n) is 12.0. The molecule has 0 saturated heterocycles. The van der Waals surface area contributed by atoms with E-state index in [4.69, 9.17) is 0 Å². The van der Waals surface area contributed by atoms with E-state index in [1.54, 1.807) is 0 Å². The van der Waals surface area contributed by atoms with E-state index < -0.39 is 0 Å². The van der Waals surface area contributed by atoms with Crippen molar-refractivity contribution < 1.29 is 4.79 Å². The monoisotopic (exact) mass is 399 g/mol. The summed E-state index contributed by atoms with van der Waals surface area (Å²) in [4.78, 5) is 15.9. The summed E-state index contributed by atoms with van der Waals surface area (Å²) in [6.07, 6.45) is 7.04. The third-order valence-electron chi connectivity index (χ3n) is 9.53. The molecule has 0 radical (unpaired) electrons. The van der Waals surface area contributed by atoms with Crippen molar-refractivity contribution in [2.24, 2.45) is 29.6 Å². The number of fused-ring (bicyclic) bond motifs is 1. The minimum atomic E-state index is 0.0580. The number of nitrogens with zero attached hydrogens (tertiary/aromatic N) is 1. The van der Waals surface area contributed by atoms with Crippen molar-refractivity contribution in [2.45, 2.75) is 57.4 Å². The molecular weight excluding hydrogens is 366 g/mol. The van der Waals surface area contributed by atoms with Gasteiger partial charge in [-0.05, 0) is 78.4 Å². The first-order chi connectivity index (χ1) is 14.6. The second kappa shape index (κ2) is 6.97. The Hall–Kier alpha value is -2.09. The fourth-order valence-corrected chi connectivity index (χ4v) is 7.95. The number of hydrogen-bond acceptors (Lipinski definition) is 1. The van der Waals surface area contributed by atoms with Gasteiger partial charge in [0.25, 0.3) is 0 Å². The van der Waals surface area contributed by atoms with Crippen molar-refractivity contribution in [3.63, 3.8) is 0 Å². The maximum atomic E-state index is 13.8. The molecule has 2 heteroatoms. The van der Waals surface area contributed by atoms with Gasteiger partial charge in [0, 0.05) is 24.9 Å². The largest absolute Gasteiger partial charge is 0.338 e. The van der Waals surface area contributed by atoms with Crippen LogP contribution in [0.2, 0.25) is 0 Å². The highest BCUT2D eigenvalue weighted by molar-refractivity contribution is 5.78. The molecular formula is C28H33NO. The van der Waals surface area contributed by atoms with Crippen molar-refractivity contribution >= 4 is 5.91 Å². The van der Waals surface area contributed by atoms with Crippen LogP contribution in [0.3, 0.4) is 0 Å². The van der Waals surface area contributed by atoms with Crippen molar-refractivity contribution in [3.8, 4) is 0 Å². The molecule has 2 nitrogen and oxygen atoms in total. The first-order valence-corrected chi connectivity index (χ1v) is 12.0. The third kappa shape index (κ3) is 2.72. The molecule has 1 amide bonds. The minimum absolute atomic E-state index is 0.0580. The van der Waals surface area contributed by atoms with Gasteiger partial charge in [0.2, 0.25) is 5.91 Å². The van der Waals surface area contributed by atoms with Gasteiger partial charge in [0.1, 0.15) is 0 Å². The molecule has 1 heterocycles. The van der Waals surface area contributed by atoms with Crippen LogP contribution in [-0.4, -0.2) is 17.4 Å². The fourth-order valence-electron chi connectivity index (χ4n) is 7.95.